The molecule has 6 nitrogen and oxygen atoms in total. The maximum absolute atomic E-state index is 12.3. The molecule has 1 amide bonds. The number of alkyl halides is 1. The van der Waals surface area contributed by atoms with Crippen molar-refractivity contribution < 1.29 is 18.5 Å². The Morgan fingerprint density at radius 3 is 2.86 bits per heavy atom. The molecule has 0 saturated carbocycles. The number of ether oxygens (including phenoxy) is 1. The van der Waals surface area contributed by atoms with Gasteiger partial charge in [-0.25, -0.2) is 4.79 Å². The van der Waals surface area contributed by atoms with Gasteiger partial charge in [0, 0.05) is 4.83 Å². The smallest absolute Gasteiger partial charge is 0.355 e. The number of fused-ring (bicyclic) bond motifs is 1. The van der Waals surface area contributed by atoms with Crippen LogP contribution in [0.25, 0.3) is 0 Å². The van der Waals surface area contributed by atoms with Gasteiger partial charge in [0.2, 0.25) is 5.91 Å². The second kappa shape index (κ2) is 6.58. The Balaban J connectivity index is 2.31. The van der Waals surface area contributed by atoms with Gasteiger partial charge in [-0.1, -0.05) is 29.3 Å². The molecule has 1 fully saturated rings. The van der Waals surface area contributed by atoms with Crippen molar-refractivity contribution in [3.05, 3.63) is 11.3 Å². The van der Waals surface area contributed by atoms with Crippen LogP contribution in [-0.2, 0) is 25.1 Å². The van der Waals surface area contributed by atoms with Crippen LogP contribution in [0.4, 0.5) is 0 Å². The van der Waals surface area contributed by atoms with E-state index < -0.39 is 28.2 Å². The van der Waals surface area contributed by atoms with E-state index in [9.17, 15) is 13.8 Å². The van der Waals surface area contributed by atoms with E-state index in [0.29, 0.717) is 12.2 Å². The Hall–Kier alpha value is -0.730. The van der Waals surface area contributed by atoms with E-state index >= 15 is 0 Å². The van der Waals surface area contributed by atoms with Crippen LogP contribution in [0.1, 0.15) is 26.7 Å². The largest absolute Gasteiger partial charge is 0.461 e. The monoisotopic (exact) mass is 378 g/mol. The van der Waals surface area contributed by atoms with Crippen molar-refractivity contribution in [2.75, 3.05) is 12.4 Å². The number of halogens is 1. The Labute approximate surface area is 134 Å². The molecule has 8 heteroatoms. The lowest BCUT2D eigenvalue weighted by molar-refractivity contribution is -0.151. The first-order valence-electron chi connectivity index (χ1n) is 6.90. The zero-order valence-corrected chi connectivity index (χ0v) is 14.4. The molecular weight excluding hydrogens is 360 g/mol. The minimum atomic E-state index is -1.29. The third kappa shape index (κ3) is 2.93. The highest BCUT2D eigenvalue weighted by molar-refractivity contribution is 9.09. The summed E-state index contributed by atoms with van der Waals surface area (Å²) >= 11 is 3.39. The summed E-state index contributed by atoms with van der Waals surface area (Å²) in [6.45, 7) is 4.14. The molecule has 0 aromatic heterocycles. The molecule has 0 aliphatic carbocycles. The fourth-order valence-electron chi connectivity index (χ4n) is 2.38. The van der Waals surface area contributed by atoms with Crippen LogP contribution in [-0.4, -0.2) is 49.6 Å². The number of β-lactam (4-membered cyclic amide) rings is 1. The number of hydrogen-bond donors (Lipinski definition) is 1. The summed E-state index contributed by atoms with van der Waals surface area (Å²) in [4.78, 5) is 25.4. The second-order valence-corrected chi connectivity index (χ2v) is 8.04. The first-order valence-corrected chi connectivity index (χ1v) is 9.20. The molecule has 2 heterocycles. The molecule has 118 valence electrons. The van der Waals surface area contributed by atoms with Gasteiger partial charge in [-0.2, -0.15) is 0 Å². The first-order chi connectivity index (χ1) is 9.90. The molecule has 21 heavy (non-hydrogen) atoms. The topological polar surface area (TPSA) is 89.7 Å². The summed E-state index contributed by atoms with van der Waals surface area (Å²) in [5.41, 5.74) is 6.55. The normalized spacial score (nSPS) is 29.8. The van der Waals surface area contributed by atoms with Crippen molar-refractivity contribution in [2.45, 2.75) is 42.9 Å². The molecule has 2 unspecified atom stereocenters. The van der Waals surface area contributed by atoms with Gasteiger partial charge in [0.1, 0.15) is 17.1 Å². The van der Waals surface area contributed by atoms with Crippen LogP contribution in [0.3, 0.4) is 0 Å². The number of nitrogens with two attached hydrogens (primary N) is 1. The quantitative estimate of drug-likeness (QED) is 0.328. The standard InChI is InChI=1S/C13H19BrN2O4S/c1-3-4-5-20-13(18)10-8(7(2)14)6-21(19)12-9(15)11(17)16(10)12/h7,9,12H,3-6,15H2,1-2H3/t7?,9-,12-,21?/m1/s1. The molecule has 2 aliphatic rings. The second-order valence-electron chi connectivity index (χ2n) is 5.13. The van der Waals surface area contributed by atoms with Crippen LogP contribution >= 0.6 is 15.9 Å². The minimum Gasteiger partial charge on any atom is -0.461 e. The molecule has 1 saturated heterocycles. The van der Waals surface area contributed by atoms with E-state index in [1.165, 1.54) is 4.90 Å². The summed E-state index contributed by atoms with van der Waals surface area (Å²) < 4.78 is 17.4. The summed E-state index contributed by atoms with van der Waals surface area (Å²) in [6.07, 6.45) is 1.68. The maximum atomic E-state index is 12.3. The Kier molecular flexibility index (Phi) is 5.21. The lowest BCUT2D eigenvalue weighted by Gasteiger charge is -2.48. The van der Waals surface area contributed by atoms with Crippen molar-refractivity contribution in [1.29, 1.82) is 0 Å². The summed E-state index contributed by atoms with van der Waals surface area (Å²) in [6, 6.07) is -0.795. The van der Waals surface area contributed by atoms with Crippen LogP contribution < -0.4 is 5.73 Å². The van der Waals surface area contributed by atoms with Gasteiger partial charge in [0.25, 0.3) is 0 Å². The number of amides is 1. The molecular formula is C13H19BrN2O4S. The first kappa shape index (κ1) is 16.6. The number of unbranched alkanes of at least 4 members (excludes halogenated alkanes) is 1. The van der Waals surface area contributed by atoms with Crippen molar-refractivity contribution >= 4 is 38.6 Å². The number of nitrogens with zero attached hydrogens (tertiary/aromatic N) is 1. The Morgan fingerprint density at radius 2 is 2.29 bits per heavy atom. The van der Waals surface area contributed by atoms with Gasteiger partial charge in [-0.3, -0.25) is 13.9 Å². The van der Waals surface area contributed by atoms with Crippen LogP contribution in [0.5, 0.6) is 0 Å². The molecule has 2 rings (SSSR count). The molecule has 2 N–H and O–H groups in total. The Morgan fingerprint density at radius 1 is 1.62 bits per heavy atom. The van der Waals surface area contributed by atoms with E-state index in [-0.39, 0.29) is 22.2 Å². The molecule has 4 atom stereocenters. The number of carbonyl (C=O) groups excluding carboxylic acids is 2. The Bertz CT molecular complexity index is 520. The minimum absolute atomic E-state index is 0.166. The van der Waals surface area contributed by atoms with Gasteiger partial charge in [-0.05, 0) is 18.9 Å². The van der Waals surface area contributed by atoms with E-state index in [1.807, 2.05) is 13.8 Å². The summed E-state index contributed by atoms with van der Waals surface area (Å²) in [5.74, 6) is -0.680. The fraction of sp³-hybridized carbons (Fsp3) is 0.692. The van der Waals surface area contributed by atoms with E-state index in [4.69, 9.17) is 10.5 Å². The highest BCUT2D eigenvalue weighted by atomic mass is 79.9. The highest BCUT2D eigenvalue weighted by Crippen LogP contribution is 2.36. The predicted molar refractivity (Wildman–Crippen MR) is 82.9 cm³/mol. The molecule has 0 spiro atoms. The molecule has 0 aromatic carbocycles. The lowest BCUT2D eigenvalue weighted by Crippen LogP contribution is -2.72. The molecule has 0 bridgehead atoms. The third-order valence-corrected chi connectivity index (χ3v) is 5.79. The van der Waals surface area contributed by atoms with Gasteiger partial charge < -0.3 is 10.5 Å². The number of rotatable bonds is 5. The van der Waals surface area contributed by atoms with Crippen molar-refractivity contribution in [2.24, 2.45) is 5.73 Å². The van der Waals surface area contributed by atoms with Crippen molar-refractivity contribution in [3.63, 3.8) is 0 Å². The van der Waals surface area contributed by atoms with E-state index in [1.54, 1.807) is 0 Å². The number of carbonyl (C=O) groups is 2. The van der Waals surface area contributed by atoms with Gasteiger partial charge in [-0.15, -0.1) is 0 Å². The van der Waals surface area contributed by atoms with Crippen molar-refractivity contribution in [3.8, 4) is 0 Å². The van der Waals surface area contributed by atoms with Gasteiger partial charge in [0.15, 0.2) is 0 Å². The summed E-state index contributed by atoms with van der Waals surface area (Å²) in [7, 11) is -1.29. The highest BCUT2D eigenvalue weighted by Gasteiger charge is 2.55. The third-order valence-electron chi connectivity index (χ3n) is 3.60. The lowest BCUT2D eigenvalue weighted by atomic mass is 10.0. The van der Waals surface area contributed by atoms with Crippen molar-refractivity contribution in [1.82, 2.24) is 4.90 Å². The summed E-state index contributed by atoms with van der Waals surface area (Å²) in [5, 5.41) is -0.610. The van der Waals surface area contributed by atoms with E-state index in [2.05, 4.69) is 15.9 Å². The van der Waals surface area contributed by atoms with E-state index in [0.717, 1.165) is 12.8 Å². The SMILES string of the molecule is CCCCOC(=O)C1=C(C(C)Br)CS(=O)[C@@H]2[C@H](N)C(=O)N12. The fourth-order valence-corrected chi connectivity index (χ4v) is 4.72. The number of esters is 1. The van der Waals surface area contributed by atoms with Gasteiger partial charge >= 0.3 is 5.97 Å². The van der Waals surface area contributed by atoms with Crippen LogP contribution in [0.15, 0.2) is 11.3 Å². The molecule has 0 radical (unpaired) electrons. The molecule has 0 aromatic rings. The molecule has 2 aliphatic heterocycles. The van der Waals surface area contributed by atoms with Crippen LogP contribution in [0.2, 0.25) is 0 Å². The van der Waals surface area contributed by atoms with Gasteiger partial charge in [0.05, 0.1) is 23.2 Å². The number of hydrogen-bond acceptors (Lipinski definition) is 5. The maximum Gasteiger partial charge on any atom is 0.355 e. The zero-order chi connectivity index (χ0) is 15.7. The average molecular weight is 379 g/mol. The predicted octanol–water partition coefficient (Wildman–Crippen LogP) is 0.625. The zero-order valence-electron chi connectivity index (χ0n) is 12.0. The van der Waals surface area contributed by atoms with Crippen LogP contribution in [0, 0.1) is 0 Å². The average Bonchev–Trinajstić information content (AvgIpc) is 2.45.